The number of amidine groups is 1. The first-order valence-electron chi connectivity index (χ1n) is 12.1. The van der Waals surface area contributed by atoms with Gasteiger partial charge in [-0.2, -0.15) is 0 Å². The summed E-state index contributed by atoms with van der Waals surface area (Å²) in [6.45, 7) is 0.171. The van der Waals surface area contributed by atoms with E-state index in [2.05, 4.69) is 5.10 Å². The molecule has 0 amide bonds. The van der Waals surface area contributed by atoms with Gasteiger partial charge in [-0.15, -0.1) is 5.10 Å². The zero-order valence-corrected chi connectivity index (χ0v) is 20.7. The van der Waals surface area contributed by atoms with Gasteiger partial charge in [-0.05, 0) is 29.8 Å². The molecule has 0 aromatic heterocycles. The van der Waals surface area contributed by atoms with E-state index in [9.17, 15) is 29.8 Å². The molecule has 0 unspecified atom stereocenters. The van der Waals surface area contributed by atoms with E-state index in [4.69, 9.17) is 9.47 Å². The summed E-state index contributed by atoms with van der Waals surface area (Å²) in [5, 5.41) is 31.3. The fourth-order valence-electron chi connectivity index (χ4n) is 5.17. The van der Waals surface area contributed by atoms with Gasteiger partial charge in [0.25, 0.3) is 22.9 Å². The molecule has 14 nitrogen and oxygen atoms in total. The van der Waals surface area contributed by atoms with Crippen LogP contribution >= 0.6 is 0 Å². The second-order valence-corrected chi connectivity index (χ2v) is 9.26. The lowest BCUT2D eigenvalue weighted by Crippen LogP contribution is -2.62. The predicted molar refractivity (Wildman–Crippen MR) is 139 cm³/mol. The van der Waals surface area contributed by atoms with Crippen molar-refractivity contribution in [3.05, 3.63) is 105 Å². The number of nitrogens with zero attached hydrogens (tertiary/aromatic N) is 6. The molecule has 3 aliphatic heterocycles. The van der Waals surface area contributed by atoms with Crippen molar-refractivity contribution < 1.29 is 28.9 Å². The number of anilines is 2. The summed E-state index contributed by atoms with van der Waals surface area (Å²) in [4.78, 5) is 48.4. The van der Waals surface area contributed by atoms with E-state index >= 15 is 0 Å². The van der Waals surface area contributed by atoms with Gasteiger partial charge >= 0.3 is 11.9 Å². The zero-order valence-electron chi connectivity index (χ0n) is 20.7. The van der Waals surface area contributed by atoms with Crippen LogP contribution in [0.5, 0.6) is 0 Å². The smallest absolute Gasteiger partial charge is 0.378 e. The van der Waals surface area contributed by atoms with Crippen molar-refractivity contribution in [2.24, 2.45) is 11.0 Å². The highest BCUT2D eigenvalue weighted by molar-refractivity contribution is 6.37. The summed E-state index contributed by atoms with van der Waals surface area (Å²) in [6, 6.07) is 20.1. The number of non-ortho nitro benzene ring substituents is 2. The SMILES string of the molecule is O=C(OCc1ccccc1)C1=NN(c2ccc([N+](=O)[O-])cc2)[C@]23C(=O)OC[C@H]2CN(c2ccc([N+](=O)[O-])cc2)N13. The highest BCUT2D eigenvalue weighted by atomic mass is 16.6. The molecule has 14 heteroatoms. The number of cyclic esters (lactones) is 1. The van der Waals surface area contributed by atoms with E-state index in [1.165, 1.54) is 58.5 Å². The Morgan fingerprint density at radius 1 is 0.950 bits per heavy atom. The number of nitro benzene ring substituents is 2. The van der Waals surface area contributed by atoms with Gasteiger partial charge in [0.05, 0.1) is 33.7 Å². The molecule has 2 fully saturated rings. The van der Waals surface area contributed by atoms with Crippen molar-refractivity contribution in [3.63, 3.8) is 0 Å². The average molecular weight is 544 g/mol. The number of carbonyl (C=O) groups excluding carboxylic acids is 2. The van der Waals surface area contributed by atoms with Gasteiger partial charge in [-0.1, -0.05) is 30.3 Å². The Hall–Kier alpha value is -5.53. The number of hydrazone groups is 1. The molecule has 0 radical (unpaired) electrons. The fourth-order valence-corrected chi connectivity index (χ4v) is 5.17. The van der Waals surface area contributed by atoms with Crippen LogP contribution < -0.4 is 10.0 Å². The molecule has 6 rings (SSSR count). The van der Waals surface area contributed by atoms with Crippen LogP contribution in [0.2, 0.25) is 0 Å². The Bertz CT molecular complexity index is 1550. The van der Waals surface area contributed by atoms with Crippen molar-refractivity contribution in [1.29, 1.82) is 0 Å². The highest BCUT2D eigenvalue weighted by Crippen LogP contribution is 2.50. The third kappa shape index (κ3) is 3.76. The van der Waals surface area contributed by atoms with E-state index in [0.29, 0.717) is 11.4 Å². The quantitative estimate of drug-likeness (QED) is 0.244. The minimum absolute atomic E-state index is 0.0180. The monoisotopic (exact) mass is 544 g/mol. The number of benzene rings is 3. The zero-order chi connectivity index (χ0) is 28.0. The first-order chi connectivity index (χ1) is 19.3. The number of esters is 2. The average Bonchev–Trinajstić information content (AvgIpc) is 3.60. The normalized spacial score (nSPS) is 21.0. The number of hydrazine groups is 1. The molecule has 2 saturated heterocycles. The number of hydrogen-bond acceptors (Lipinski definition) is 12. The molecule has 3 aromatic carbocycles. The standard InChI is InChI=1S/C26H20N6O8/c33-24(39-15-17-4-2-1-3-5-17)23-27-29(20-8-12-22(13-9-20)32(37)38)26-18(16-40-25(26)34)14-28(30(23)26)19-6-10-21(11-7-19)31(35)36/h1-13,18H,14-16H2/t18-,26-/m1/s1. The molecule has 1 spiro atoms. The molecule has 3 aliphatic rings. The third-order valence-electron chi connectivity index (χ3n) is 7.02. The van der Waals surface area contributed by atoms with Crippen molar-refractivity contribution in [2.45, 2.75) is 12.3 Å². The molecule has 0 saturated carbocycles. The van der Waals surface area contributed by atoms with Crippen molar-refractivity contribution in [1.82, 2.24) is 5.01 Å². The lowest BCUT2D eigenvalue weighted by Gasteiger charge is -2.38. The Balaban J connectivity index is 1.43. The second-order valence-electron chi connectivity index (χ2n) is 9.26. The van der Waals surface area contributed by atoms with Crippen LogP contribution in [-0.2, 0) is 25.7 Å². The molecular formula is C26H20N6O8. The minimum atomic E-state index is -1.63. The Morgan fingerprint density at radius 3 is 2.15 bits per heavy atom. The Morgan fingerprint density at radius 2 is 1.55 bits per heavy atom. The van der Waals surface area contributed by atoms with Crippen molar-refractivity contribution in [3.8, 4) is 0 Å². The van der Waals surface area contributed by atoms with Gasteiger partial charge in [-0.3, -0.25) is 25.2 Å². The summed E-state index contributed by atoms with van der Waals surface area (Å²) in [5.74, 6) is -2.22. The van der Waals surface area contributed by atoms with Crippen LogP contribution in [0.3, 0.4) is 0 Å². The maximum atomic E-state index is 13.5. The molecule has 0 N–H and O–H groups in total. The largest absolute Gasteiger partial charge is 0.462 e. The van der Waals surface area contributed by atoms with Crippen LogP contribution in [0.15, 0.2) is 84.0 Å². The van der Waals surface area contributed by atoms with E-state index in [1.54, 1.807) is 29.3 Å². The van der Waals surface area contributed by atoms with Gasteiger partial charge in [0, 0.05) is 24.3 Å². The summed E-state index contributed by atoms with van der Waals surface area (Å²) in [7, 11) is 0. The van der Waals surface area contributed by atoms with Gasteiger partial charge in [0.2, 0.25) is 0 Å². The van der Waals surface area contributed by atoms with E-state index in [1.807, 2.05) is 6.07 Å². The summed E-state index contributed by atoms with van der Waals surface area (Å²) >= 11 is 0. The van der Waals surface area contributed by atoms with Crippen LogP contribution in [-0.4, -0.2) is 51.4 Å². The van der Waals surface area contributed by atoms with Gasteiger partial charge in [-0.25, -0.2) is 19.6 Å². The molecular weight excluding hydrogens is 524 g/mol. The fraction of sp³-hybridized carbons (Fsp3) is 0.192. The van der Waals surface area contributed by atoms with Crippen LogP contribution in [0.4, 0.5) is 22.7 Å². The first kappa shape index (κ1) is 24.8. The maximum absolute atomic E-state index is 13.5. The summed E-state index contributed by atoms with van der Waals surface area (Å²) in [5.41, 5.74) is -0.380. The number of nitro groups is 2. The topological polar surface area (TPSA) is 161 Å². The van der Waals surface area contributed by atoms with Crippen molar-refractivity contribution >= 4 is 40.5 Å². The van der Waals surface area contributed by atoms with Crippen LogP contribution in [0, 0.1) is 26.1 Å². The Labute approximate surface area is 225 Å². The van der Waals surface area contributed by atoms with E-state index in [-0.39, 0.29) is 37.0 Å². The number of ether oxygens (including phenoxy) is 2. The molecule has 40 heavy (non-hydrogen) atoms. The minimum Gasteiger partial charge on any atom is -0.462 e. The molecule has 202 valence electrons. The first-order valence-corrected chi connectivity index (χ1v) is 12.1. The molecule has 0 aliphatic carbocycles. The third-order valence-corrected chi connectivity index (χ3v) is 7.02. The lowest BCUT2D eigenvalue weighted by atomic mass is 9.96. The van der Waals surface area contributed by atoms with Gasteiger partial charge in [0.15, 0.2) is 0 Å². The number of carbonyl (C=O) groups is 2. The van der Waals surface area contributed by atoms with Gasteiger partial charge < -0.3 is 9.47 Å². The van der Waals surface area contributed by atoms with E-state index in [0.717, 1.165) is 5.56 Å². The molecule has 2 atom stereocenters. The highest BCUT2D eigenvalue weighted by Gasteiger charge is 2.72. The van der Waals surface area contributed by atoms with Crippen LogP contribution in [0.1, 0.15) is 5.56 Å². The summed E-state index contributed by atoms with van der Waals surface area (Å²) < 4.78 is 11.0. The number of hydrogen-bond donors (Lipinski definition) is 0. The van der Waals surface area contributed by atoms with E-state index < -0.39 is 33.4 Å². The molecule has 0 bridgehead atoms. The van der Waals surface area contributed by atoms with Crippen molar-refractivity contribution in [2.75, 3.05) is 23.2 Å². The van der Waals surface area contributed by atoms with Crippen LogP contribution in [0.25, 0.3) is 0 Å². The molecule has 3 aromatic rings. The summed E-state index contributed by atoms with van der Waals surface area (Å²) in [6.07, 6.45) is 0. The Kier molecular flexibility index (Phi) is 5.79. The predicted octanol–water partition coefficient (Wildman–Crippen LogP) is 2.99. The molecule has 3 heterocycles. The number of rotatable bonds is 7. The van der Waals surface area contributed by atoms with Gasteiger partial charge in [0.1, 0.15) is 13.2 Å². The maximum Gasteiger partial charge on any atom is 0.378 e. The lowest BCUT2D eigenvalue weighted by molar-refractivity contribution is -0.385. The second kappa shape index (κ2) is 9.34.